The summed E-state index contributed by atoms with van der Waals surface area (Å²) in [7, 11) is 1.66. The van der Waals surface area contributed by atoms with Gasteiger partial charge in [0.05, 0.1) is 11.5 Å². The number of hydrogen-bond donors (Lipinski definition) is 1. The first-order valence-electron chi connectivity index (χ1n) is 7.85. The maximum absolute atomic E-state index is 11.7. The zero-order valence-corrected chi connectivity index (χ0v) is 14.6. The molecule has 2 aromatic heterocycles. The topological polar surface area (TPSA) is 81.4 Å². The fourth-order valence-electron chi connectivity index (χ4n) is 2.76. The van der Waals surface area contributed by atoms with Crippen LogP contribution < -0.4 is 5.32 Å². The number of aromatic nitrogens is 1. The number of amides is 2. The number of nitrogens with zero attached hydrogens (tertiary/aromatic N) is 1. The normalized spacial score (nSPS) is 15.8. The summed E-state index contributed by atoms with van der Waals surface area (Å²) < 4.78 is 11.1. The molecule has 6 nitrogen and oxygen atoms in total. The highest BCUT2D eigenvalue weighted by molar-refractivity contribution is 8.18. The monoisotopic (exact) mass is 366 g/mol. The van der Waals surface area contributed by atoms with Crippen LogP contribution in [0.5, 0.6) is 0 Å². The van der Waals surface area contributed by atoms with Gasteiger partial charge in [0.15, 0.2) is 0 Å². The van der Waals surface area contributed by atoms with E-state index in [4.69, 9.17) is 9.15 Å². The number of thioether (sulfide) groups is 1. The fraction of sp³-hybridized carbons (Fsp3) is 0.105. The first-order valence-corrected chi connectivity index (χ1v) is 8.66. The van der Waals surface area contributed by atoms with Crippen LogP contribution in [0, 0.1) is 0 Å². The van der Waals surface area contributed by atoms with Crippen molar-refractivity contribution < 1.29 is 18.7 Å². The van der Waals surface area contributed by atoms with Gasteiger partial charge in [0.1, 0.15) is 11.3 Å². The Morgan fingerprint density at radius 2 is 2.04 bits per heavy atom. The van der Waals surface area contributed by atoms with E-state index >= 15 is 0 Å². The predicted octanol–water partition coefficient (Wildman–Crippen LogP) is 3.97. The summed E-state index contributed by atoms with van der Waals surface area (Å²) in [6, 6.07) is 9.77. The molecule has 1 aliphatic rings. The lowest BCUT2D eigenvalue weighted by molar-refractivity contribution is -0.115. The van der Waals surface area contributed by atoms with Crippen LogP contribution in [-0.4, -0.2) is 23.2 Å². The van der Waals surface area contributed by atoms with E-state index in [1.807, 2.05) is 24.3 Å². The van der Waals surface area contributed by atoms with Crippen LogP contribution in [0.4, 0.5) is 4.79 Å². The van der Waals surface area contributed by atoms with Crippen LogP contribution >= 0.6 is 11.8 Å². The molecule has 1 aliphatic heterocycles. The second kappa shape index (κ2) is 6.78. The van der Waals surface area contributed by atoms with Crippen molar-refractivity contribution in [1.82, 2.24) is 10.3 Å². The van der Waals surface area contributed by atoms with Gasteiger partial charge in [0, 0.05) is 36.5 Å². The quantitative estimate of drug-likeness (QED) is 0.704. The number of pyridine rings is 1. The second-order valence-corrected chi connectivity index (χ2v) is 6.75. The number of furan rings is 1. The Hall–Kier alpha value is -2.90. The summed E-state index contributed by atoms with van der Waals surface area (Å²) in [6.45, 7) is 0.555. The molecule has 0 unspecified atom stereocenters. The Labute approximate surface area is 153 Å². The lowest BCUT2D eigenvalue weighted by atomic mass is 10.0. The summed E-state index contributed by atoms with van der Waals surface area (Å²) in [6.07, 6.45) is 5.02. The third-order valence-corrected chi connectivity index (χ3v) is 4.74. The Bertz CT molecular complexity index is 1040. The zero-order chi connectivity index (χ0) is 18.1. The number of methoxy groups -OCH3 is 1. The Balaban J connectivity index is 1.73. The molecule has 130 valence electrons. The lowest BCUT2D eigenvalue weighted by Crippen LogP contribution is -2.17. The predicted molar refractivity (Wildman–Crippen MR) is 99.3 cm³/mol. The van der Waals surface area contributed by atoms with Crippen LogP contribution in [-0.2, 0) is 16.1 Å². The molecule has 1 aromatic carbocycles. The van der Waals surface area contributed by atoms with E-state index in [1.165, 1.54) is 0 Å². The molecule has 26 heavy (non-hydrogen) atoms. The van der Waals surface area contributed by atoms with E-state index in [9.17, 15) is 9.59 Å². The molecular weight excluding hydrogens is 352 g/mol. The molecule has 4 rings (SSSR count). The van der Waals surface area contributed by atoms with Crippen LogP contribution in [0.3, 0.4) is 0 Å². The number of carbonyl (C=O) groups excluding carboxylic acids is 2. The van der Waals surface area contributed by atoms with Gasteiger partial charge in [-0.2, -0.15) is 0 Å². The van der Waals surface area contributed by atoms with Crippen LogP contribution in [0.2, 0.25) is 0 Å². The highest BCUT2D eigenvalue weighted by Crippen LogP contribution is 2.32. The first-order chi connectivity index (χ1) is 12.6. The Morgan fingerprint density at radius 1 is 1.23 bits per heavy atom. The van der Waals surface area contributed by atoms with Gasteiger partial charge in [0.2, 0.25) is 0 Å². The lowest BCUT2D eigenvalue weighted by Gasteiger charge is -2.04. The number of rotatable bonds is 4. The van der Waals surface area contributed by atoms with Crippen molar-refractivity contribution in [3.63, 3.8) is 0 Å². The van der Waals surface area contributed by atoms with Gasteiger partial charge in [-0.15, -0.1) is 0 Å². The molecule has 1 N–H and O–H groups in total. The van der Waals surface area contributed by atoms with E-state index in [0.29, 0.717) is 22.9 Å². The number of hydrogen-bond acceptors (Lipinski definition) is 6. The van der Waals surface area contributed by atoms with E-state index in [1.54, 1.807) is 31.6 Å². The molecule has 7 heteroatoms. The van der Waals surface area contributed by atoms with Gasteiger partial charge < -0.3 is 9.15 Å². The van der Waals surface area contributed by atoms with Gasteiger partial charge in [-0.25, -0.2) is 0 Å². The van der Waals surface area contributed by atoms with Crippen molar-refractivity contribution in [3.05, 3.63) is 59.0 Å². The average molecular weight is 366 g/mol. The third-order valence-electron chi connectivity index (χ3n) is 3.93. The smallest absolute Gasteiger partial charge is 0.290 e. The first kappa shape index (κ1) is 16.6. The van der Waals surface area contributed by atoms with Crippen LogP contribution in [0.25, 0.3) is 28.2 Å². The molecule has 0 radical (unpaired) electrons. The minimum atomic E-state index is -0.410. The van der Waals surface area contributed by atoms with E-state index in [-0.39, 0.29) is 5.24 Å². The largest absolute Gasteiger partial charge is 0.456 e. The number of fused-ring (bicyclic) bond motifs is 1. The van der Waals surface area contributed by atoms with Crippen molar-refractivity contribution in [3.8, 4) is 11.1 Å². The fourth-order valence-corrected chi connectivity index (χ4v) is 3.42. The molecule has 0 spiro atoms. The minimum Gasteiger partial charge on any atom is -0.456 e. The zero-order valence-electron chi connectivity index (χ0n) is 13.8. The summed E-state index contributed by atoms with van der Waals surface area (Å²) in [5, 5.41) is 2.67. The number of imide groups is 1. The third kappa shape index (κ3) is 3.14. The second-order valence-electron chi connectivity index (χ2n) is 5.74. The van der Waals surface area contributed by atoms with Crippen molar-refractivity contribution in [2.75, 3.05) is 7.11 Å². The molecule has 0 saturated carbocycles. The maximum atomic E-state index is 11.7. The Morgan fingerprint density at radius 3 is 2.73 bits per heavy atom. The highest BCUT2D eigenvalue weighted by atomic mass is 32.2. The summed E-state index contributed by atoms with van der Waals surface area (Å²) >= 11 is 0.859. The molecule has 0 atom stereocenters. The molecule has 2 amide bonds. The SMILES string of the molecule is COCc1ccc(-c2cncc3cc(/C=C4\SC(=O)NC4=O)oc23)cc1. The van der Waals surface area contributed by atoms with Crippen molar-refractivity contribution >= 4 is 40.0 Å². The summed E-state index contributed by atoms with van der Waals surface area (Å²) in [5.74, 6) is 0.0881. The van der Waals surface area contributed by atoms with Gasteiger partial charge in [-0.3, -0.25) is 19.9 Å². The maximum Gasteiger partial charge on any atom is 0.290 e. The van der Waals surface area contributed by atoms with Gasteiger partial charge in [-0.05, 0) is 29.0 Å². The molecule has 3 aromatic rings. The Kier molecular flexibility index (Phi) is 4.32. The van der Waals surface area contributed by atoms with Crippen LogP contribution in [0.15, 0.2) is 52.0 Å². The van der Waals surface area contributed by atoms with Gasteiger partial charge in [-0.1, -0.05) is 24.3 Å². The minimum absolute atomic E-state index is 0.312. The summed E-state index contributed by atoms with van der Waals surface area (Å²) in [5.41, 5.74) is 3.59. The molecular formula is C19H14N2O4S. The van der Waals surface area contributed by atoms with Gasteiger partial charge in [0.25, 0.3) is 11.1 Å². The van der Waals surface area contributed by atoms with Crippen molar-refractivity contribution in [2.24, 2.45) is 0 Å². The molecule has 3 heterocycles. The molecule has 1 saturated heterocycles. The average Bonchev–Trinajstić information content (AvgIpc) is 3.18. The van der Waals surface area contributed by atoms with Crippen molar-refractivity contribution in [1.29, 1.82) is 0 Å². The van der Waals surface area contributed by atoms with Gasteiger partial charge >= 0.3 is 0 Å². The molecule has 0 bridgehead atoms. The highest BCUT2D eigenvalue weighted by Gasteiger charge is 2.25. The summed E-state index contributed by atoms with van der Waals surface area (Å²) in [4.78, 5) is 27.6. The number of ether oxygens (including phenoxy) is 1. The molecule has 1 fully saturated rings. The standard InChI is InChI=1S/C19H14N2O4S/c1-24-10-11-2-4-12(5-3-11)15-9-20-8-13-6-14(25-17(13)15)7-16-18(22)21-19(23)26-16/h2-9H,10H2,1H3,(H,21,22,23)/b16-7-. The van der Waals surface area contributed by atoms with E-state index < -0.39 is 5.91 Å². The number of carbonyl (C=O) groups is 2. The van der Waals surface area contributed by atoms with Crippen LogP contribution in [0.1, 0.15) is 11.3 Å². The van der Waals surface area contributed by atoms with E-state index in [0.717, 1.165) is 33.8 Å². The van der Waals surface area contributed by atoms with E-state index in [2.05, 4.69) is 10.3 Å². The molecule has 0 aliphatic carbocycles. The van der Waals surface area contributed by atoms with Crippen molar-refractivity contribution in [2.45, 2.75) is 6.61 Å². The number of nitrogens with one attached hydrogen (secondary N) is 1. The number of benzene rings is 1.